The molecule has 1 aliphatic rings. The smallest absolute Gasteiger partial charge is 0.255 e. The zero-order valence-corrected chi connectivity index (χ0v) is 17.3. The molecule has 4 nitrogen and oxygen atoms in total. The van der Waals surface area contributed by atoms with E-state index >= 15 is 0 Å². The number of piperidine rings is 1. The third-order valence-electron chi connectivity index (χ3n) is 5.96. The van der Waals surface area contributed by atoms with Crippen molar-refractivity contribution in [3.05, 3.63) is 65.6 Å². The minimum Gasteiger partial charge on any atom is -0.361 e. The van der Waals surface area contributed by atoms with E-state index in [4.69, 9.17) is 0 Å². The van der Waals surface area contributed by atoms with Crippen molar-refractivity contribution in [2.24, 2.45) is 0 Å². The number of carbonyl (C=O) groups excluding carboxylic acids is 1. The Balaban J connectivity index is 1.52. The number of likely N-dealkylation sites (tertiary alicyclic amines) is 1. The fraction of sp³-hybridized carbons (Fsp3) is 0.375. The van der Waals surface area contributed by atoms with E-state index < -0.39 is 0 Å². The van der Waals surface area contributed by atoms with Crippen molar-refractivity contribution in [2.45, 2.75) is 45.1 Å². The summed E-state index contributed by atoms with van der Waals surface area (Å²) in [5, 5.41) is 4.10. The highest BCUT2D eigenvalue weighted by molar-refractivity contribution is 6.05. The summed E-state index contributed by atoms with van der Waals surface area (Å²) in [7, 11) is 0. The minimum absolute atomic E-state index is 0.211. The Hall–Kier alpha value is -2.66. The number of amides is 1. The van der Waals surface area contributed by atoms with Crippen molar-refractivity contribution in [3.63, 3.8) is 0 Å². The van der Waals surface area contributed by atoms with Crippen LogP contribution in [0.1, 0.15) is 55.5 Å². The van der Waals surface area contributed by atoms with Gasteiger partial charge in [0.2, 0.25) is 0 Å². The molecule has 0 radical (unpaired) electrons. The molecule has 4 rings (SSSR count). The van der Waals surface area contributed by atoms with Gasteiger partial charge in [0, 0.05) is 33.9 Å². The summed E-state index contributed by atoms with van der Waals surface area (Å²) >= 11 is 0. The summed E-state index contributed by atoms with van der Waals surface area (Å²) in [6.45, 7) is 9.02. The lowest BCUT2D eigenvalue weighted by Gasteiger charge is -2.40. The molecule has 152 valence electrons. The number of aromatic amines is 1. The molecule has 0 aliphatic carbocycles. The first kappa shape index (κ1) is 19.6. The quantitative estimate of drug-likeness (QED) is 0.614. The normalized spacial score (nSPS) is 16.3. The molecular formula is C24H28FN3O. The number of carbonyl (C=O) groups is 1. The Morgan fingerprint density at radius 2 is 1.79 bits per heavy atom. The summed E-state index contributed by atoms with van der Waals surface area (Å²) in [5.41, 5.74) is 3.81. The number of halogens is 1. The zero-order chi connectivity index (χ0) is 20.6. The molecule has 1 fully saturated rings. The first-order valence-corrected chi connectivity index (χ1v) is 10.2. The molecule has 2 heterocycles. The van der Waals surface area contributed by atoms with E-state index in [0.29, 0.717) is 11.5 Å². The van der Waals surface area contributed by atoms with Gasteiger partial charge in [-0.2, -0.15) is 0 Å². The molecule has 1 saturated heterocycles. The summed E-state index contributed by atoms with van der Waals surface area (Å²) < 4.78 is 13.1. The van der Waals surface area contributed by atoms with E-state index in [2.05, 4.69) is 42.2 Å². The number of benzene rings is 2. The third-order valence-corrected chi connectivity index (χ3v) is 5.96. The number of nitrogens with zero attached hydrogens (tertiary/aromatic N) is 1. The number of fused-ring (bicyclic) bond motifs is 1. The van der Waals surface area contributed by atoms with Crippen LogP contribution in [-0.4, -0.2) is 34.4 Å². The molecule has 0 atom stereocenters. The molecule has 29 heavy (non-hydrogen) atoms. The van der Waals surface area contributed by atoms with Crippen LogP contribution in [0.15, 0.2) is 48.7 Å². The number of hydrogen-bond donors (Lipinski definition) is 2. The van der Waals surface area contributed by atoms with Crippen molar-refractivity contribution in [2.75, 3.05) is 18.4 Å². The Morgan fingerprint density at radius 1 is 1.10 bits per heavy atom. The van der Waals surface area contributed by atoms with Crippen LogP contribution >= 0.6 is 0 Å². The predicted octanol–water partition coefficient (Wildman–Crippen LogP) is 5.54. The van der Waals surface area contributed by atoms with Gasteiger partial charge in [-0.3, -0.25) is 9.69 Å². The highest BCUT2D eigenvalue weighted by Crippen LogP contribution is 2.35. The average molecular weight is 394 g/mol. The molecule has 2 N–H and O–H groups in total. The van der Waals surface area contributed by atoms with Gasteiger partial charge in [0.25, 0.3) is 5.91 Å². The standard InChI is InChI=1S/C24H28FN3O/c1-24(2,3)28-12-10-16(11-13-28)21-15-26-22-9-8-19(14-20(21)22)27-23(29)17-4-6-18(25)7-5-17/h4-9,14-16,26H,10-13H2,1-3H3,(H,27,29). The molecule has 5 heteroatoms. The number of rotatable bonds is 3. The van der Waals surface area contributed by atoms with Gasteiger partial charge < -0.3 is 10.3 Å². The van der Waals surface area contributed by atoms with E-state index in [1.807, 2.05) is 18.2 Å². The van der Waals surface area contributed by atoms with Gasteiger partial charge in [0.1, 0.15) is 5.82 Å². The maximum atomic E-state index is 13.1. The van der Waals surface area contributed by atoms with Crippen LogP contribution in [0.5, 0.6) is 0 Å². The van der Waals surface area contributed by atoms with Crippen molar-refractivity contribution in [3.8, 4) is 0 Å². The van der Waals surface area contributed by atoms with Crippen LogP contribution in [0.4, 0.5) is 10.1 Å². The number of aromatic nitrogens is 1. The molecule has 2 aromatic carbocycles. The predicted molar refractivity (Wildman–Crippen MR) is 116 cm³/mol. The largest absolute Gasteiger partial charge is 0.361 e. The highest BCUT2D eigenvalue weighted by Gasteiger charge is 2.28. The van der Waals surface area contributed by atoms with Crippen molar-refractivity contribution >= 4 is 22.5 Å². The Bertz CT molecular complexity index is 1010. The van der Waals surface area contributed by atoms with Crippen LogP contribution in [0.2, 0.25) is 0 Å². The molecule has 0 spiro atoms. The molecule has 3 aromatic rings. The molecule has 1 aromatic heterocycles. The van der Waals surface area contributed by atoms with E-state index in [1.165, 1.54) is 29.8 Å². The molecule has 0 saturated carbocycles. The Labute approximate surface area is 171 Å². The summed E-state index contributed by atoms with van der Waals surface area (Å²) in [6, 6.07) is 11.5. The number of anilines is 1. The summed E-state index contributed by atoms with van der Waals surface area (Å²) in [6.07, 6.45) is 4.39. The lowest BCUT2D eigenvalue weighted by molar-refractivity contribution is 0.102. The Kier molecular flexibility index (Phi) is 5.17. The van der Waals surface area contributed by atoms with E-state index in [9.17, 15) is 9.18 Å². The minimum atomic E-state index is -0.350. The lowest BCUT2D eigenvalue weighted by atomic mass is 9.87. The van der Waals surface area contributed by atoms with E-state index in [-0.39, 0.29) is 17.3 Å². The molecule has 0 bridgehead atoms. The van der Waals surface area contributed by atoms with Crippen LogP contribution in [0.3, 0.4) is 0 Å². The van der Waals surface area contributed by atoms with Crippen molar-refractivity contribution in [1.82, 2.24) is 9.88 Å². The highest BCUT2D eigenvalue weighted by atomic mass is 19.1. The van der Waals surface area contributed by atoms with Gasteiger partial charge in [0.15, 0.2) is 0 Å². The summed E-state index contributed by atoms with van der Waals surface area (Å²) in [4.78, 5) is 18.4. The van der Waals surface area contributed by atoms with E-state index in [0.717, 1.165) is 42.5 Å². The van der Waals surface area contributed by atoms with Crippen LogP contribution < -0.4 is 5.32 Å². The Morgan fingerprint density at radius 3 is 2.45 bits per heavy atom. The molecule has 1 aliphatic heterocycles. The fourth-order valence-electron chi connectivity index (χ4n) is 4.22. The van der Waals surface area contributed by atoms with Crippen LogP contribution in [0, 0.1) is 5.82 Å². The second kappa shape index (κ2) is 7.64. The number of hydrogen-bond acceptors (Lipinski definition) is 2. The number of nitrogens with one attached hydrogen (secondary N) is 2. The lowest BCUT2D eigenvalue weighted by Crippen LogP contribution is -2.45. The van der Waals surface area contributed by atoms with Crippen molar-refractivity contribution in [1.29, 1.82) is 0 Å². The van der Waals surface area contributed by atoms with Crippen molar-refractivity contribution < 1.29 is 9.18 Å². The second-order valence-corrected chi connectivity index (χ2v) is 8.90. The van der Waals surface area contributed by atoms with Gasteiger partial charge in [-0.05, 0) is 101 Å². The fourth-order valence-corrected chi connectivity index (χ4v) is 4.22. The molecular weight excluding hydrogens is 365 g/mol. The van der Waals surface area contributed by atoms with Gasteiger partial charge in [-0.1, -0.05) is 0 Å². The van der Waals surface area contributed by atoms with Crippen LogP contribution in [-0.2, 0) is 0 Å². The monoisotopic (exact) mass is 393 g/mol. The van der Waals surface area contributed by atoms with E-state index in [1.54, 1.807) is 0 Å². The van der Waals surface area contributed by atoms with Gasteiger partial charge in [-0.15, -0.1) is 0 Å². The first-order chi connectivity index (χ1) is 13.8. The van der Waals surface area contributed by atoms with Gasteiger partial charge >= 0.3 is 0 Å². The zero-order valence-electron chi connectivity index (χ0n) is 17.3. The topological polar surface area (TPSA) is 48.1 Å². The van der Waals surface area contributed by atoms with Gasteiger partial charge in [0.05, 0.1) is 0 Å². The molecule has 0 unspecified atom stereocenters. The van der Waals surface area contributed by atoms with Gasteiger partial charge in [-0.25, -0.2) is 4.39 Å². The molecule has 1 amide bonds. The second-order valence-electron chi connectivity index (χ2n) is 8.90. The maximum absolute atomic E-state index is 13.1. The SMILES string of the molecule is CC(C)(C)N1CCC(c2c[nH]c3ccc(NC(=O)c4ccc(F)cc4)cc23)CC1. The number of H-pyrrole nitrogens is 1. The maximum Gasteiger partial charge on any atom is 0.255 e. The third kappa shape index (κ3) is 4.20. The van der Waals surface area contributed by atoms with Crippen LogP contribution in [0.25, 0.3) is 10.9 Å². The average Bonchev–Trinajstić information content (AvgIpc) is 3.11. The summed E-state index contributed by atoms with van der Waals surface area (Å²) in [5.74, 6) is -0.0669. The first-order valence-electron chi connectivity index (χ1n) is 10.2.